The Kier molecular flexibility index (Phi) is 3.19. The molecule has 3 aromatic heterocycles. The van der Waals surface area contributed by atoms with Crippen molar-refractivity contribution < 1.29 is 0 Å². The van der Waals surface area contributed by atoms with Gasteiger partial charge in [0.1, 0.15) is 6.33 Å². The standard InChI is InChI=1S/C18H17N5O/c1-11(2)13-4-6-14(7-5-13)22-9-8-15-16(17(22)24)12(3)21-18-19-10-20-23(15)18/h4-11H,1-3H3. The first-order chi connectivity index (χ1) is 11.6. The number of hydrogen-bond donors (Lipinski definition) is 0. The van der Waals surface area contributed by atoms with E-state index in [2.05, 4.69) is 41.0 Å². The number of fused-ring (bicyclic) bond motifs is 3. The fourth-order valence-corrected chi connectivity index (χ4v) is 2.95. The third-order valence-corrected chi connectivity index (χ3v) is 4.30. The Morgan fingerprint density at radius 1 is 1.08 bits per heavy atom. The first-order valence-electron chi connectivity index (χ1n) is 7.88. The average molecular weight is 319 g/mol. The zero-order valence-electron chi connectivity index (χ0n) is 13.8. The van der Waals surface area contributed by atoms with Crippen LogP contribution in [-0.2, 0) is 0 Å². The highest BCUT2D eigenvalue weighted by Gasteiger charge is 2.13. The van der Waals surface area contributed by atoms with Crippen LogP contribution in [0.25, 0.3) is 22.4 Å². The molecule has 0 unspecified atom stereocenters. The lowest BCUT2D eigenvalue weighted by Gasteiger charge is -2.11. The summed E-state index contributed by atoms with van der Waals surface area (Å²) in [6, 6.07) is 9.94. The third-order valence-electron chi connectivity index (χ3n) is 4.30. The van der Waals surface area contributed by atoms with Crippen LogP contribution in [0.4, 0.5) is 0 Å². The number of aryl methyl sites for hydroxylation is 1. The van der Waals surface area contributed by atoms with Crippen LogP contribution in [0, 0.1) is 6.92 Å². The van der Waals surface area contributed by atoms with E-state index in [0.29, 0.717) is 22.8 Å². The van der Waals surface area contributed by atoms with Crippen molar-refractivity contribution in [1.29, 1.82) is 0 Å². The summed E-state index contributed by atoms with van der Waals surface area (Å²) < 4.78 is 3.24. The lowest BCUT2D eigenvalue weighted by atomic mass is 10.0. The van der Waals surface area contributed by atoms with Crippen LogP contribution < -0.4 is 5.56 Å². The molecule has 1 aromatic carbocycles. The summed E-state index contributed by atoms with van der Waals surface area (Å²) in [5.41, 5.74) is 3.35. The van der Waals surface area contributed by atoms with Gasteiger partial charge in [-0.3, -0.25) is 9.36 Å². The van der Waals surface area contributed by atoms with Crippen LogP contribution in [0.1, 0.15) is 31.0 Å². The van der Waals surface area contributed by atoms with Crippen molar-refractivity contribution in [3.8, 4) is 5.69 Å². The van der Waals surface area contributed by atoms with E-state index in [4.69, 9.17) is 0 Å². The number of benzene rings is 1. The zero-order valence-corrected chi connectivity index (χ0v) is 13.8. The van der Waals surface area contributed by atoms with E-state index < -0.39 is 0 Å². The van der Waals surface area contributed by atoms with Crippen molar-refractivity contribution in [2.75, 3.05) is 0 Å². The topological polar surface area (TPSA) is 65.1 Å². The maximum atomic E-state index is 13.0. The van der Waals surface area contributed by atoms with Gasteiger partial charge in [-0.15, -0.1) is 0 Å². The SMILES string of the molecule is Cc1nc2ncnn2c2ccn(-c3ccc(C(C)C)cc3)c(=O)c12. The predicted molar refractivity (Wildman–Crippen MR) is 92.7 cm³/mol. The fourth-order valence-electron chi connectivity index (χ4n) is 2.95. The van der Waals surface area contributed by atoms with Gasteiger partial charge in [-0.2, -0.15) is 14.6 Å². The number of aromatic nitrogens is 5. The quantitative estimate of drug-likeness (QED) is 0.570. The maximum Gasteiger partial charge on any atom is 0.266 e. The monoisotopic (exact) mass is 319 g/mol. The van der Waals surface area contributed by atoms with E-state index in [0.717, 1.165) is 11.2 Å². The lowest BCUT2D eigenvalue weighted by molar-refractivity contribution is 0.864. The van der Waals surface area contributed by atoms with Crippen molar-refractivity contribution in [2.45, 2.75) is 26.7 Å². The van der Waals surface area contributed by atoms with E-state index in [1.54, 1.807) is 15.3 Å². The summed E-state index contributed by atoms with van der Waals surface area (Å²) in [5, 5.41) is 4.72. The smallest absolute Gasteiger partial charge is 0.266 e. The third kappa shape index (κ3) is 2.11. The van der Waals surface area contributed by atoms with E-state index in [9.17, 15) is 4.79 Å². The van der Waals surface area contributed by atoms with Crippen LogP contribution in [0.2, 0.25) is 0 Å². The summed E-state index contributed by atoms with van der Waals surface area (Å²) in [6.07, 6.45) is 3.22. The second-order valence-electron chi connectivity index (χ2n) is 6.17. The summed E-state index contributed by atoms with van der Waals surface area (Å²) in [7, 11) is 0. The van der Waals surface area contributed by atoms with Crippen molar-refractivity contribution in [2.24, 2.45) is 0 Å². The minimum atomic E-state index is -0.104. The second kappa shape index (κ2) is 5.26. The molecule has 0 atom stereocenters. The Morgan fingerprint density at radius 3 is 2.54 bits per heavy atom. The highest BCUT2D eigenvalue weighted by Crippen LogP contribution is 2.18. The zero-order chi connectivity index (χ0) is 16.8. The first-order valence-corrected chi connectivity index (χ1v) is 7.88. The molecule has 0 bridgehead atoms. The molecule has 0 saturated carbocycles. The minimum Gasteiger partial charge on any atom is -0.284 e. The van der Waals surface area contributed by atoms with Crippen LogP contribution in [-0.4, -0.2) is 24.1 Å². The molecular formula is C18H17N5O. The summed E-state index contributed by atoms with van der Waals surface area (Å²) >= 11 is 0. The van der Waals surface area contributed by atoms with Crippen molar-refractivity contribution in [1.82, 2.24) is 24.1 Å². The average Bonchev–Trinajstić information content (AvgIpc) is 3.03. The molecule has 0 aliphatic rings. The van der Waals surface area contributed by atoms with Crippen molar-refractivity contribution in [3.63, 3.8) is 0 Å². The minimum absolute atomic E-state index is 0.104. The summed E-state index contributed by atoms with van der Waals surface area (Å²) in [5.74, 6) is 0.956. The summed E-state index contributed by atoms with van der Waals surface area (Å²) in [6.45, 7) is 6.12. The number of pyridine rings is 1. The molecule has 0 aliphatic carbocycles. The number of hydrogen-bond acceptors (Lipinski definition) is 4. The van der Waals surface area contributed by atoms with E-state index in [-0.39, 0.29) is 5.56 Å². The number of nitrogens with zero attached hydrogens (tertiary/aromatic N) is 5. The molecule has 0 saturated heterocycles. The fraction of sp³-hybridized carbons (Fsp3) is 0.222. The molecule has 0 radical (unpaired) electrons. The van der Waals surface area contributed by atoms with E-state index >= 15 is 0 Å². The Bertz CT molecular complexity index is 1110. The second-order valence-corrected chi connectivity index (χ2v) is 6.17. The Hall–Kier alpha value is -3.02. The normalized spacial score (nSPS) is 11.7. The van der Waals surface area contributed by atoms with E-state index in [1.165, 1.54) is 11.9 Å². The van der Waals surface area contributed by atoms with Gasteiger partial charge in [-0.05, 0) is 36.6 Å². The molecule has 0 amide bonds. The molecule has 0 aliphatic heterocycles. The van der Waals surface area contributed by atoms with Crippen molar-refractivity contribution >= 4 is 16.7 Å². The molecule has 0 fully saturated rings. The number of rotatable bonds is 2. The van der Waals surface area contributed by atoms with Crippen LogP contribution in [0.3, 0.4) is 0 Å². The van der Waals surface area contributed by atoms with Gasteiger partial charge in [-0.25, -0.2) is 4.98 Å². The molecule has 0 spiro atoms. The first kappa shape index (κ1) is 14.6. The molecule has 24 heavy (non-hydrogen) atoms. The Morgan fingerprint density at radius 2 is 1.83 bits per heavy atom. The molecule has 0 N–H and O–H groups in total. The lowest BCUT2D eigenvalue weighted by Crippen LogP contribution is -2.20. The van der Waals surface area contributed by atoms with Gasteiger partial charge in [-0.1, -0.05) is 26.0 Å². The van der Waals surface area contributed by atoms with Gasteiger partial charge in [0, 0.05) is 11.9 Å². The molecule has 4 aromatic rings. The van der Waals surface area contributed by atoms with Crippen LogP contribution in [0.5, 0.6) is 0 Å². The van der Waals surface area contributed by atoms with Gasteiger partial charge in [0.2, 0.25) is 0 Å². The van der Waals surface area contributed by atoms with Gasteiger partial charge in [0.25, 0.3) is 11.3 Å². The molecular weight excluding hydrogens is 302 g/mol. The highest BCUT2D eigenvalue weighted by atomic mass is 16.1. The molecule has 4 rings (SSSR count). The summed E-state index contributed by atoms with van der Waals surface area (Å²) in [4.78, 5) is 21.5. The highest BCUT2D eigenvalue weighted by molar-refractivity contribution is 5.82. The molecule has 120 valence electrons. The largest absolute Gasteiger partial charge is 0.284 e. The van der Waals surface area contributed by atoms with Crippen molar-refractivity contribution in [3.05, 3.63) is 64.5 Å². The van der Waals surface area contributed by atoms with Gasteiger partial charge >= 0.3 is 0 Å². The maximum absolute atomic E-state index is 13.0. The van der Waals surface area contributed by atoms with E-state index in [1.807, 2.05) is 25.1 Å². The Balaban J connectivity index is 1.97. The van der Waals surface area contributed by atoms with Gasteiger partial charge in [0.05, 0.1) is 16.6 Å². The Labute approximate surface area is 138 Å². The van der Waals surface area contributed by atoms with Crippen LogP contribution in [0.15, 0.2) is 47.7 Å². The van der Waals surface area contributed by atoms with Crippen LogP contribution >= 0.6 is 0 Å². The molecule has 3 heterocycles. The molecule has 6 nitrogen and oxygen atoms in total. The predicted octanol–water partition coefficient (Wildman–Crippen LogP) is 2.86. The van der Waals surface area contributed by atoms with Gasteiger partial charge < -0.3 is 0 Å². The van der Waals surface area contributed by atoms with Gasteiger partial charge in [0.15, 0.2) is 0 Å². The molecule has 6 heteroatoms.